The van der Waals surface area contributed by atoms with Gasteiger partial charge < -0.3 is 13.3 Å². The molecule has 0 N–H and O–H groups in total. The quantitative estimate of drug-likeness (QED) is 0.473. The summed E-state index contributed by atoms with van der Waals surface area (Å²) in [5, 5.41) is 0. The maximum absolute atomic E-state index is 6.55. The van der Waals surface area contributed by atoms with Crippen LogP contribution in [0.3, 0.4) is 0 Å². The summed E-state index contributed by atoms with van der Waals surface area (Å²) in [6, 6.07) is 0.846. The Kier molecular flexibility index (Phi) is 9.98. The largest absolute Gasteiger partial charge is 0.500 e. The molecule has 0 aromatic rings. The second kappa shape index (κ2) is 9.93. The van der Waals surface area contributed by atoms with Crippen LogP contribution in [0.15, 0.2) is 0 Å². The van der Waals surface area contributed by atoms with Crippen molar-refractivity contribution in [1.29, 1.82) is 0 Å². The first-order valence-corrected chi connectivity index (χ1v) is 10.4. The van der Waals surface area contributed by atoms with E-state index in [9.17, 15) is 0 Å². The average Bonchev–Trinajstić information content (AvgIpc) is 2.48. The van der Waals surface area contributed by atoms with Crippen LogP contribution in [-0.2, 0) is 13.3 Å². The molecule has 0 fully saturated rings. The molecule has 0 heterocycles. The molecule has 0 spiro atoms. The summed E-state index contributed by atoms with van der Waals surface area (Å²) in [5.41, 5.74) is 0.246. The van der Waals surface area contributed by atoms with Crippen LogP contribution in [0.2, 0.25) is 6.04 Å². The summed E-state index contributed by atoms with van der Waals surface area (Å²) >= 11 is 0. The molecule has 4 heteroatoms. The van der Waals surface area contributed by atoms with Crippen LogP contribution in [0.5, 0.6) is 0 Å². The van der Waals surface area contributed by atoms with Gasteiger partial charge in [0, 0.05) is 19.3 Å². The van der Waals surface area contributed by atoms with Gasteiger partial charge in [-0.2, -0.15) is 0 Å². The molecule has 3 nitrogen and oxygen atoms in total. The molecule has 20 heavy (non-hydrogen) atoms. The van der Waals surface area contributed by atoms with Crippen molar-refractivity contribution in [2.45, 2.75) is 86.3 Å². The van der Waals surface area contributed by atoms with Crippen LogP contribution in [0, 0.1) is 5.41 Å². The summed E-state index contributed by atoms with van der Waals surface area (Å²) in [4.78, 5) is 0. The minimum atomic E-state index is -2.51. The van der Waals surface area contributed by atoms with E-state index in [0.29, 0.717) is 13.2 Å². The van der Waals surface area contributed by atoms with Crippen LogP contribution in [0.4, 0.5) is 0 Å². The van der Waals surface area contributed by atoms with Gasteiger partial charge in [-0.25, -0.2) is 0 Å². The molecule has 0 bridgehead atoms. The third-order valence-electron chi connectivity index (χ3n) is 4.65. The Morgan fingerprint density at radius 3 is 1.50 bits per heavy atom. The molecule has 0 rings (SSSR count). The highest BCUT2D eigenvalue weighted by molar-refractivity contribution is 6.60. The number of hydrogen-bond acceptors (Lipinski definition) is 3. The van der Waals surface area contributed by atoms with Crippen molar-refractivity contribution in [2.75, 3.05) is 13.2 Å². The summed E-state index contributed by atoms with van der Waals surface area (Å²) in [7, 11) is -2.51. The third-order valence-corrected chi connectivity index (χ3v) is 7.62. The smallest absolute Gasteiger partial charge is 0.374 e. The van der Waals surface area contributed by atoms with Crippen molar-refractivity contribution in [3.05, 3.63) is 0 Å². The first-order chi connectivity index (χ1) is 9.53. The Hall–Kier alpha value is 0.0969. The van der Waals surface area contributed by atoms with Gasteiger partial charge in [0.25, 0.3) is 0 Å². The molecule has 0 aliphatic carbocycles. The van der Waals surface area contributed by atoms with E-state index in [1.165, 1.54) is 0 Å². The predicted octanol–water partition coefficient (Wildman–Crippen LogP) is 5.03. The van der Waals surface area contributed by atoms with E-state index in [2.05, 4.69) is 34.6 Å². The molecular weight excluding hydrogens is 268 g/mol. The van der Waals surface area contributed by atoms with Gasteiger partial charge in [0.05, 0.1) is 6.10 Å². The van der Waals surface area contributed by atoms with Crippen LogP contribution >= 0.6 is 0 Å². The van der Waals surface area contributed by atoms with Crippen molar-refractivity contribution in [2.24, 2.45) is 5.41 Å². The molecule has 1 unspecified atom stereocenters. The van der Waals surface area contributed by atoms with Crippen LogP contribution < -0.4 is 0 Å². The zero-order valence-corrected chi connectivity index (χ0v) is 15.8. The highest BCUT2D eigenvalue weighted by Gasteiger charge is 2.45. The van der Waals surface area contributed by atoms with E-state index in [-0.39, 0.29) is 11.5 Å². The Labute approximate surface area is 127 Å². The first kappa shape index (κ1) is 20.1. The molecule has 0 aromatic carbocycles. The molecule has 0 saturated heterocycles. The van der Waals surface area contributed by atoms with Crippen molar-refractivity contribution < 1.29 is 13.3 Å². The van der Waals surface area contributed by atoms with E-state index in [1.807, 2.05) is 13.8 Å². The Bertz CT molecular complexity index is 228. The van der Waals surface area contributed by atoms with Gasteiger partial charge in [-0.15, -0.1) is 0 Å². The minimum Gasteiger partial charge on any atom is -0.374 e. The van der Waals surface area contributed by atoms with E-state index in [0.717, 1.165) is 31.7 Å². The molecule has 0 radical (unpaired) electrons. The normalized spacial score (nSPS) is 14.6. The molecule has 0 aliphatic rings. The van der Waals surface area contributed by atoms with Crippen molar-refractivity contribution >= 4 is 8.80 Å². The molecule has 0 aromatic heterocycles. The third kappa shape index (κ3) is 4.83. The SMILES string of the molecule is CCO[Si](CC)(OCC)OC(CC)C(CC)(CC)CC. The second-order valence-electron chi connectivity index (χ2n) is 5.34. The van der Waals surface area contributed by atoms with Crippen molar-refractivity contribution in [3.8, 4) is 0 Å². The first-order valence-electron chi connectivity index (χ1n) is 8.49. The summed E-state index contributed by atoms with van der Waals surface area (Å²) in [5.74, 6) is 0. The van der Waals surface area contributed by atoms with E-state index in [4.69, 9.17) is 13.3 Å². The molecule has 1 atom stereocenters. The second-order valence-corrected chi connectivity index (χ2v) is 8.23. The fourth-order valence-corrected chi connectivity index (χ4v) is 5.65. The van der Waals surface area contributed by atoms with Gasteiger partial charge in [-0.1, -0.05) is 34.6 Å². The highest BCUT2D eigenvalue weighted by Crippen LogP contribution is 2.39. The Balaban J connectivity index is 5.21. The monoisotopic (exact) mass is 304 g/mol. The summed E-state index contributed by atoms with van der Waals surface area (Å²) in [6.07, 6.45) is 4.68. The molecule has 0 saturated carbocycles. The van der Waals surface area contributed by atoms with Crippen LogP contribution in [0.1, 0.15) is 74.1 Å². The molecular formula is C16H36O3Si. The van der Waals surface area contributed by atoms with E-state index in [1.54, 1.807) is 0 Å². The van der Waals surface area contributed by atoms with Crippen molar-refractivity contribution in [3.63, 3.8) is 0 Å². The standard InChI is InChI=1S/C16H36O3Si/c1-8-15(16(9-2,10-3)11-4)19-20(14-7,17-12-5)18-13-6/h15H,8-14H2,1-7H3. The lowest BCUT2D eigenvalue weighted by atomic mass is 9.74. The maximum atomic E-state index is 6.55. The van der Waals surface area contributed by atoms with Gasteiger partial charge in [-0.3, -0.25) is 0 Å². The van der Waals surface area contributed by atoms with Crippen LogP contribution in [-0.4, -0.2) is 28.1 Å². The number of hydrogen-bond donors (Lipinski definition) is 0. The minimum absolute atomic E-state index is 0.229. The van der Waals surface area contributed by atoms with Crippen LogP contribution in [0.25, 0.3) is 0 Å². The Morgan fingerprint density at radius 1 is 0.800 bits per heavy atom. The highest BCUT2D eigenvalue weighted by atomic mass is 28.4. The number of rotatable bonds is 12. The lowest BCUT2D eigenvalue weighted by molar-refractivity contribution is -0.0368. The van der Waals surface area contributed by atoms with Gasteiger partial charge >= 0.3 is 8.80 Å². The van der Waals surface area contributed by atoms with Gasteiger partial charge in [0.1, 0.15) is 0 Å². The van der Waals surface area contributed by atoms with Gasteiger partial charge in [0.15, 0.2) is 0 Å². The van der Waals surface area contributed by atoms with Crippen molar-refractivity contribution in [1.82, 2.24) is 0 Å². The zero-order chi connectivity index (χ0) is 15.6. The maximum Gasteiger partial charge on any atom is 0.500 e. The van der Waals surface area contributed by atoms with E-state index < -0.39 is 8.80 Å². The molecule has 122 valence electrons. The average molecular weight is 305 g/mol. The fraction of sp³-hybridized carbons (Fsp3) is 1.00. The fourth-order valence-electron chi connectivity index (χ4n) is 3.13. The topological polar surface area (TPSA) is 27.7 Å². The Morgan fingerprint density at radius 2 is 1.25 bits per heavy atom. The lowest BCUT2D eigenvalue weighted by Crippen LogP contribution is -2.51. The molecule has 0 amide bonds. The molecule has 0 aliphatic heterocycles. The van der Waals surface area contributed by atoms with Gasteiger partial charge in [0.2, 0.25) is 0 Å². The predicted molar refractivity (Wildman–Crippen MR) is 88.0 cm³/mol. The van der Waals surface area contributed by atoms with Gasteiger partial charge in [-0.05, 0) is 44.9 Å². The summed E-state index contributed by atoms with van der Waals surface area (Å²) < 4.78 is 18.5. The van der Waals surface area contributed by atoms with E-state index >= 15 is 0 Å². The zero-order valence-electron chi connectivity index (χ0n) is 14.8. The summed E-state index contributed by atoms with van der Waals surface area (Å²) in [6.45, 7) is 16.5. The lowest BCUT2D eigenvalue weighted by Gasteiger charge is -2.42.